The topological polar surface area (TPSA) is 35.5 Å². The van der Waals surface area contributed by atoms with Crippen LogP contribution >= 0.6 is 42.1 Å². The molecule has 3 nitrogen and oxygen atoms in total. The highest BCUT2D eigenvalue weighted by molar-refractivity contribution is 7.54. The fraction of sp³-hybridized carbons (Fsp3) is 0.364. The molecule has 1 unspecified atom stereocenters. The minimum atomic E-state index is -3.65. The van der Waals surface area contributed by atoms with Crippen molar-refractivity contribution in [3.05, 3.63) is 68.8 Å². The van der Waals surface area contributed by atoms with E-state index < -0.39 is 19.1 Å². The average molecular weight is 489 g/mol. The van der Waals surface area contributed by atoms with Crippen molar-refractivity contribution in [2.24, 2.45) is 0 Å². The van der Waals surface area contributed by atoms with Gasteiger partial charge in [0.05, 0.1) is 22.3 Å². The summed E-state index contributed by atoms with van der Waals surface area (Å²) in [7, 11) is -3.65. The van der Waals surface area contributed by atoms with Crippen molar-refractivity contribution >= 4 is 52.2 Å². The zero-order chi connectivity index (χ0) is 22.1. The SMILES string of the molecule is CC(C)OP(=O)(OC(C)C)C(Cc1ccc(F)c(Cl)c1)c1sc2ccccc2c1Cl. The summed E-state index contributed by atoms with van der Waals surface area (Å²) in [5.74, 6) is -0.503. The Morgan fingerprint density at radius 2 is 1.67 bits per heavy atom. The van der Waals surface area contributed by atoms with Gasteiger partial charge in [-0.05, 0) is 57.9 Å². The van der Waals surface area contributed by atoms with Gasteiger partial charge in [-0.1, -0.05) is 47.5 Å². The molecule has 1 aromatic heterocycles. The Morgan fingerprint density at radius 3 is 2.23 bits per heavy atom. The third-order valence-electron chi connectivity index (χ3n) is 4.37. The average Bonchev–Trinajstić information content (AvgIpc) is 2.98. The van der Waals surface area contributed by atoms with Crippen molar-refractivity contribution in [1.29, 1.82) is 0 Å². The first kappa shape index (κ1) is 23.7. The second-order valence-corrected chi connectivity index (χ2v) is 11.6. The Bertz CT molecular complexity index is 1070. The largest absolute Gasteiger partial charge is 0.339 e. The fourth-order valence-corrected chi connectivity index (χ4v) is 7.99. The highest BCUT2D eigenvalue weighted by atomic mass is 35.5. The van der Waals surface area contributed by atoms with E-state index in [1.165, 1.54) is 17.4 Å². The summed E-state index contributed by atoms with van der Waals surface area (Å²) in [5.41, 5.74) is 0.0635. The van der Waals surface area contributed by atoms with Crippen molar-refractivity contribution < 1.29 is 18.0 Å². The van der Waals surface area contributed by atoms with Gasteiger partial charge in [0.15, 0.2) is 0 Å². The second-order valence-electron chi connectivity index (χ2n) is 7.59. The Kier molecular flexibility index (Phi) is 7.66. The molecule has 0 bridgehead atoms. The van der Waals surface area contributed by atoms with E-state index >= 15 is 0 Å². The van der Waals surface area contributed by atoms with E-state index in [1.807, 2.05) is 52.0 Å². The van der Waals surface area contributed by atoms with Crippen molar-refractivity contribution in [3.8, 4) is 0 Å². The molecule has 0 amide bonds. The van der Waals surface area contributed by atoms with E-state index in [1.54, 1.807) is 12.1 Å². The van der Waals surface area contributed by atoms with Crippen molar-refractivity contribution in [1.82, 2.24) is 0 Å². The molecule has 0 saturated carbocycles. The summed E-state index contributed by atoms with van der Waals surface area (Å²) in [4.78, 5) is 0.725. The molecule has 0 saturated heterocycles. The standard InChI is InChI=1S/C22H24Cl2FO3PS/c1-13(2)27-29(26,28-14(3)4)19(12-15-9-10-18(25)17(23)11-15)22-21(24)16-7-5-6-8-20(16)30-22/h5-11,13-14,19H,12H2,1-4H3. The molecule has 0 N–H and O–H groups in total. The molecule has 0 spiro atoms. The maximum atomic E-state index is 14.1. The molecule has 0 fully saturated rings. The molecule has 3 rings (SSSR count). The van der Waals surface area contributed by atoms with Gasteiger partial charge < -0.3 is 9.05 Å². The van der Waals surface area contributed by atoms with Crippen LogP contribution in [0.15, 0.2) is 42.5 Å². The van der Waals surface area contributed by atoms with Crippen LogP contribution in [0, 0.1) is 5.82 Å². The summed E-state index contributed by atoms with van der Waals surface area (Å²) >= 11 is 14.2. The normalized spacial score (nSPS) is 13.5. The van der Waals surface area contributed by atoms with Crippen molar-refractivity contribution in [3.63, 3.8) is 0 Å². The molecular weight excluding hydrogens is 465 g/mol. The highest BCUT2D eigenvalue weighted by Gasteiger charge is 2.41. The first-order valence-corrected chi connectivity index (χ1v) is 12.9. The Labute approximate surface area is 190 Å². The maximum absolute atomic E-state index is 14.1. The number of fused-ring (bicyclic) bond motifs is 1. The molecule has 0 aliphatic heterocycles. The first-order chi connectivity index (χ1) is 14.1. The molecule has 1 atom stereocenters. The van der Waals surface area contributed by atoms with Gasteiger partial charge >= 0.3 is 7.60 Å². The van der Waals surface area contributed by atoms with Gasteiger partial charge in [-0.2, -0.15) is 0 Å². The van der Waals surface area contributed by atoms with Gasteiger partial charge in [0.25, 0.3) is 0 Å². The first-order valence-electron chi connectivity index (χ1n) is 9.68. The fourth-order valence-electron chi connectivity index (χ4n) is 3.24. The number of thiophene rings is 1. The van der Waals surface area contributed by atoms with Gasteiger partial charge in [0, 0.05) is 15.0 Å². The van der Waals surface area contributed by atoms with Crippen LogP contribution < -0.4 is 0 Å². The number of hydrogen-bond acceptors (Lipinski definition) is 4. The summed E-state index contributed by atoms with van der Waals surface area (Å²) in [5, 5.41) is 1.44. The maximum Gasteiger partial charge on any atom is 0.339 e. The molecule has 162 valence electrons. The smallest absolute Gasteiger partial charge is 0.305 e. The van der Waals surface area contributed by atoms with Gasteiger partial charge in [-0.3, -0.25) is 4.57 Å². The van der Waals surface area contributed by atoms with Crippen molar-refractivity contribution in [2.75, 3.05) is 0 Å². The van der Waals surface area contributed by atoms with Crippen LogP contribution in [0.25, 0.3) is 10.1 Å². The van der Waals surface area contributed by atoms with Crippen LogP contribution in [0.4, 0.5) is 4.39 Å². The number of halogens is 3. The minimum Gasteiger partial charge on any atom is -0.305 e. The molecule has 3 aromatic rings. The summed E-state index contributed by atoms with van der Waals surface area (Å²) in [6, 6.07) is 12.2. The third-order valence-corrected chi connectivity index (χ3v) is 9.28. The van der Waals surface area contributed by atoms with Crippen LogP contribution in [-0.2, 0) is 20.0 Å². The summed E-state index contributed by atoms with van der Waals surface area (Å²) in [6.45, 7) is 7.26. The molecule has 2 aromatic carbocycles. The monoisotopic (exact) mass is 488 g/mol. The van der Waals surface area contributed by atoms with E-state index in [-0.39, 0.29) is 23.7 Å². The third kappa shape index (κ3) is 5.27. The molecule has 0 aliphatic carbocycles. The Balaban J connectivity index is 2.16. The van der Waals surface area contributed by atoms with Crippen LogP contribution in [0.5, 0.6) is 0 Å². The Morgan fingerprint density at radius 1 is 1.03 bits per heavy atom. The van der Waals surface area contributed by atoms with E-state index in [4.69, 9.17) is 32.2 Å². The molecule has 1 heterocycles. The van der Waals surface area contributed by atoms with E-state index in [2.05, 4.69) is 0 Å². The lowest BCUT2D eigenvalue weighted by atomic mass is 10.1. The second kappa shape index (κ2) is 9.68. The Hall–Kier alpha value is -0.940. The molecule has 0 aliphatic rings. The predicted octanol–water partition coefficient (Wildman–Crippen LogP) is 8.67. The van der Waals surface area contributed by atoms with Gasteiger partial charge in [-0.25, -0.2) is 4.39 Å². The van der Waals surface area contributed by atoms with E-state index in [9.17, 15) is 8.96 Å². The predicted molar refractivity (Wildman–Crippen MR) is 125 cm³/mol. The van der Waals surface area contributed by atoms with Gasteiger partial charge in [-0.15, -0.1) is 11.3 Å². The van der Waals surface area contributed by atoms with Crippen molar-refractivity contribution in [2.45, 2.75) is 52.0 Å². The lowest BCUT2D eigenvalue weighted by Gasteiger charge is -2.30. The minimum absolute atomic E-state index is 0.0121. The lowest BCUT2D eigenvalue weighted by Crippen LogP contribution is -2.15. The van der Waals surface area contributed by atoms with Crippen LogP contribution in [0.1, 0.15) is 43.8 Å². The lowest BCUT2D eigenvalue weighted by molar-refractivity contribution is 0.136. The zero-order valence-electron chi connectivity index (χ0n) is 17.2. The number of benzene rings is 2. The highest BCUT2D eigenvalue weighted by Crippen LogP contribution is 2.66. The van der Waals surface area contributed by atoms with E-state index in [0.29, 0.717) is 5.02 Å². The quantitative estimate of drug-likeness (QED) is 0.297. The number of rotatable bonds is 8. The summed E-state index contributed by atoms with van der Waals surface area (Å²) in [6.07, 6.45) is -0.354. The van der Waals surface area contributed by atoms with Crippen LogP contribution in [0.3, 0.4) is 0 Å². The van der Waals surface area contributed by atoms with Crippen LogP contribution in [0.2, 0.25) is 10.0 Å². The van der Waals surface area contributed by atoms with Gasteiger partial charge in [0.2, 0.25) is 0 Å². The molecule has 30 heavy (non-hydrogen) atoms. The summed E-state index contributed by atoms with van der Waals surface area (Å²) < 4.78 is 40.6. The molecule has 0 radical (unpaired) electrons. The van der Waals surface area contributed by atoms with E-state index in [0.717, 1.165) is 20.5 Å². The number of hydrogen-bond donors (Lipinski definition) is 0. The molecular formula is C22H24Cl2FO3PS. The van der Waals surface area contributed by atoms with Crippen LogP contribution in [-0.4, -0.2) is 12.2 Å². The van der Waals surface area contributed by atoms with Gasteiger partial charge in [0.1, 0.15) is 11.5 Å². The molecule has 8 heteroatoms. The zero-order valence-corrected chi connectivity index (χ0v) is 20.4.